The maximum atomic E-state index is 13.3. The van der Waals surface area contributed by atoms with Gasteiger partial charge in [0.05, 0.1) is 45.4 Å². The number of esters is 1. The topological polar surface area (TPSA) is 110 Å². The second-order valence-electron chi connectivity index (χ2n) is 10.9. The molecule has 204 valence electrons. The van der Waals surface area contributed by atoms with Crippen molar-refractivity contribution in [2.24, 2.45) is 17.3 Å². The Bertz CT molecular complexity index is 1140. The van der Waals surface area contributed by atoms with Crippen LogP contribution in [-0.2, 0) is 27.2 Å². The summed E-state index contributed by atoms with van der Waals surface area (Å²) < 4.78 is 5.95. The van der Waals surface area contributed by atoms with E-state index in [0.29, 0.717) is 6.42 Å². The van der Waals surface area contributed by atoms with E-state index in [9.17, 15) is 19.8 Å². The number of aliphatic hydroxyl groups excluding tert-OH is 2. The summed E-state index contributed by atoms with van der Waals surface area (Å²) in [6.45, 7) is 12.8. The highest BCUT2D eigenvalue weighted by Crippen LogP contribution is 2.33. The Morgan fingerprint density at radius 3 is 2.49 bits per heavy atom. The Balaban J connectivity index is 1.97. The van der Waals surface area contributed by atoms with Crippen molar-refractivity contribution in [3.05, 3.63) is 37.2 Å². The molecule has 7 nitrogen and oxygen atoms in total. The van der Waals surface area contributed by atoms with Crippen molar-refractivity contribution in [1.82, 2.24) is 9.97 Å². The van der Waals surface area contributed by atoms with E-state index >= 15 is 0 Å². The SMILES string of the molecule is C/C(=C\c1csc(C)n1)C1Cc2sc(C)nc2CCCC(C)C(O)C(C)C(=O)C(C)(C)C(O)CC(=O)O1. The summed E-state index contributed by atoms with van der Waals surface area (Å²) in [7, 11) is 0. The molecule has 3 heterocycles. The van der Waals surface area contributed by atoms with Gasteiger partial charge in [-0.2, -0.15) is 0 Å². The predicted molar refractivity (Wildman–Crippen MR) is 148 cm³/mol. The first-order valence-electron chi connectivity index (χ1n) is 12.9. The third-order valence-electron chi connectivity index (χ3n) is 7.46. The number of hydrogen-bond acceptors (Lipinski definition) is 9. The highest BCUT2D eigenvalue weighted by molar-refractivity contribution is 7.11. The van der Waals surface area contributed by atoms with Gasteiger partial charge in [0.25, 0.3) is 0 Å². The molecular weight excluding hydrogens is 508 g/mol. The van der Waals surface area contributed by atoms with Gasteiger partial charge >= 0.3 is 5.97 Å². The van der Waals surface area contributed by atoms with Gasteiger partial charge in [-0.3, -0.25) is 9.59 Å². The summed E-state index contributed by atoms with van der Waals surface area (Å²) in [5, 5.41) is 25.7. The fourth-order valence-electron chi connectivity index (χ4n) is 4.88. The first-order valence-corrected chi connectivity index (χ1v) is 14.6. The fourth-order valence-corrected chi connectivity index (χ4v) is 6.47. The van der Waals surface area contributed by atoms with Gasteiger partial charge in [0.1, 0.15) is 11.9 Å². The van der Waals surface area contributed by atoms with Gasteiger partial charge in [-0.15, -0.1) is 22.7 Å². The molecule has 0 radical (unpaired) electrons. The Morgan fingerprint density at radius 1 is 1.14 bits per heavy atom. The zero-order valence-electron chi connectivity index (χ0n) is 22.9. The van der Waals surface area contributed by atoms with Crippen LogP contribution in [-0.4, -0.2) is 50.2 Å². The monoisotopic (exact) mass is 548 g/mol. The van der Waals surface area contributed by atoms with E-state index in [4.69, 9.17) is 9.72 Å². The van der Waals surface area contributed by atoms with Crippen molar-refractivity contribution in [2.45, 2.75) is 98.9 Å². The van der Waals surface area contributed by atoms with Crippen molar-refractivity contribution in [3.63, 3.8) is 0 Å². The molecule has 0 spiro atoms. The molecule has 0 aliphatic carbocycles. The summed E-state index contributed by atoms with van der Waals surface area (Å²) >= 11 is 3.16. The van der Waals surface area contributed by atoms with Crippen molar-refractivity contribution in [1.29, 1.82) is 0 Å². The van der Waals surface area contributed by atoms with Gasteiger partial charge in [-0.1, -0.05) is 27.7 Å². The number of Topliss-reactive ketones (excluding diaryl/α,β-unsaturated/α-hetero) is 1. The summed E-state index contributed by atoms with van der Waals surface area (Å²) in [6, 6.07) is 0. The fraction of sp³-hybridized carbons (Fsp3) is 0.643. The van der Waals surface area contributed by atoms with Crippen LogP contribution < -0.4 is 0 Å². The molecule has 1 aliphatic heterocycles. The minimum atomic E-state index is -1.24. The van der Waals surface area contributed by atoms with Crippen LogP contribution in [0.3, 0.4) is 0 Å². The van der Waals surface area contributed by atoms with Crippen LogP contribution in [0.1, 0.15) is 80.2 Å². The number of ketones is 1. The Hall–Kier alpha value is -1.94. The average molecular weight is 549 g/mol. The lowest BCUT2D eigenvalue weighted by atomic mass is 9.73. The van der Waals surface area contributed by atoms with Gasteiger partial charge < -0.3 is 14.9 Å². The average Bonchev–Trinajstić information content (AvgIpc) is 3.40. The van der Waals surface area contributed by atoms with Crippen LogP contribution >= 0.6 is 22.7 Å². The smallest absolute Gasteiger partial charge is 0.309 e. The lowest BCUT2D eigenvalue weighted by Crippen LogP contribution is -2.45. The van der Waals surface area contributed by atoms with Crippen LogP contribution in [0.5, 0.6) is 0 Å². The van der Waals surface area contributed by atoms with Gasteiger partial charge in [0.15, 0.2) is 0 Å². The molecular formula is C28H40N2O5S2. The summed E-state index contributed by atoms with van der Waals surface area (Å²) in [6.07, 6.45) is 1.79. The Morgan fingerprint density at radius 2 is 1.84 bits per heavy atom. The molecule has 0 fully saturated rings. The third-order valence-corrected chi connectivity index (χ3v) is 9.29. The number of ether oxygens (including phenoxy) is 1. The molecule has 3 rings (SSSR count). The van der Waals surface area contributed by atoms with Crippen molar-refractivity contribution in [2.75, 3.05) is 0 Å². The highest BCUT2D eigenvalue weighted by atomic mass is 32.1. The summed E-state index contributed by atoms with van der Waals surface area (Å²) in [5.41, 5.74) is 1.44. The number of nitrogens with zero attached hydrogens (tertiary/aromatic N) is 2. The molecule has 2 N–H and O–H groups in total. The van der Waals surface area contributed by atoms with Crippen molar-refractivity contribution >= 4 is 40.5 Å². The van der Waals surface area contributed by atoms with Crippen molar-refractivity contribution < 1.29 is 24.5 Å². The van der Waals surface area contributed by atoms with Gasteiger partial charge in [0, 0.05) is 22.6 Å². The second-order valence-corrected chi connectivity index (χ2v) is 13.3. The van der Waals surface area contributed by atoms with Gasteiger partial charge in [0.2, 0.25) is 0 Å². The van der Waals surface area contributed by atoms with E-state index in [1.807, 2.05) is 39.2 Å². The van der Waals surface area contributed by atoms with Crippen LogP contribution in [0.2, 0.25) is 0 Å². The number of thiazole rings is 2. The molecule has 0 saturated carbocycles. The number of aryl methyl sites for hydroxylation is 3. The number of rotatable bonds is 2. The van der Waals surface area contributed by atoms with E-state index in [0.717, 1.165) is 51.1 Å². The number of aliphatic hydroxyl groups is 2. The van der Waals surface area contributed by atoms with Gasteiger partial charge in [-0.25, -0.2) is 9.97 Å². The number of aromatic nitrogens is 2. The van der Waals surface area contributed by atoms with E-state index in [1.165, 1.54) is 0 Å². The lowest BCUT2D eigenvalue weighted by Gasteiger charge is -2.34. The molecule has 0 bridgehead atoms. The van der Waals surface area contributed by atoms with Crippen LogP contribution in [0.4, 0.5) is 0 Å². The zero-order chi connectivity index (χ0) is 27.5. The number of cyclic esters (lactones) is 1. The van der Waals surface area contributed by atoms with E-state index in [1.54, 1.807) is 43.4 Å². The van der Waals surface area contributed by atoms with Crippen LogP contribution in [0, 0.1) is 31.1 Å². The van der Waals surface area contributed by atoms with Crippen molar-refractivity contribution in [3.8, 4) is 0 Å². The first kappa shape index (κ1) is 29.6. The number of carbonyl (C=O) groups is 2. The molecule has 0 saturated heterocycles. The van der Waals surface area contributed by atoms with Gasteiger partial charge in [-0.05, 0) is 57.6 Å². The zero-order valence-corrected chi connectivity index (χ0v) is 24.5. The number of hydrogen-bond donors (Lipinski definition) is 2. The summed E-state index contributed by atoms with van der Waals surface area (Å²) in [4.78, 5) is 36.7. The first-order chi connectivity index (χ1) is 17.3. The number of fused-ring (bicyclic) bond motifs is 1. The van der Waals surface area contributed by atoms with E-state index in [-0.39, 0.29) is 18.1 Å². The molecule has 0 amide bonds. The molecule has 37 heavy (non-hydrogen) atoms. The molecule has 5 unspecified atom stereocenters. The Labute approximate surface area is 228 Å². The molecule has 1 aliphatic rings. The normalized spacial score (nSPS) is 28.6. The largest absolute Gasteiger partial charge is 0.457 e. The quantitative estimate of drug-likeness (QED) is 0.503. The molecule has 9 heteroatoms. The molecule has 0 aromatic carbocycles. The second kappa shape index (κ2) is 12.3. The predicted octanol–water partition coefficient (Wildman–Crippen LogP) is 5.09. The third kappa shape index (κ3) is 7.34. The van der Waals surface area contributed by atoms with Crippen LogP contribution in [0.15, 0.2) is 11.0 Å². The standard InChI is InChI=1S/C28H40N2O5S2/c1-15-9-8-10-21-23(37-19(5)30-21)12-22(16(2)11-20-14-36-18(4)29-20)35-25(32)13-24(31)28(6,7)27(34)17(3)26(15)33/h11,14-15,17,22,24,26,31,33H,8-10,12-13H2,1-7H3/b16-11+. The lowest BCUT2D eigenvalue weighted by molar-refractivity contribution is -0.154. The summed E-state index contributed by atoms with van der Waals surface area (Å²) in [5.74, 6) is -1.59. The number of carbonyl (C=O) groups excluding carboxylic acids is 2. The molecule has 2 aromatic rings. The highest BCUT2D eigenvalue weighted by Gasteiger charge is 2.42. The van der Waals surface area contributed by atoms with E-state index < -0.39 is 35.6 Å². The Kier molecular flexibility index (Phi) is 9.83. The molecule has 2 aromatic heterocycles. The van der Waals surface area contributed by atoms with E-state index in [2.05, 4.69) is 4.98 Å². The molecule has 5 atom stereocenters. The maximum Gasteiger partial charge on any atom is 0.309 e. The maximum absolute atomic E-state index is 13.3. The minimum absolute atomic E-state index is 0.0903. The minimum Gasteiger partial charge on any atom is -0.457 e. The van der Waals surface area contributed by atoms with Crippen LogP contribution in [0.25, 0.3) is 6.08 Å².